The number of aryl methyl sites for hydroxylation is 1. The number of fused-ring (bicyclic) bond motifs is 1. The van der Waals surface area contributed by atoms with Crippen molar-refractivity contribution < 1.29 is 5.11 Å². The van der Waals surface area contributed by atoms with E-state index >= 15 is 0 Å². The summed E-state index contributed by atoms with van der Waals surface area (Å²) in [5.74, 6) is 0. The van der Waals surface area contributed by atoms with Crippen molar-refractivity contribution in [3.05, 3.63) is 24.7 Å². The van der Waals surface area contributed by atoms with E-state index < -0.39 is 0 Å². The number of aromatic nitrogens is 3. The Kier molecular flexibility index (Phi) is 4.06. The van der Waals surface area contributed by atoms with E-state index in [4.69, 9.17) is 5.11 Å². The molecule has 92 valence electrons. The van der Waals surface area contributed by atoms with Gasteiger partial charge in [0.2, 0.25) is 0 Å². The highest BCUT2D eigenvalue weighted by Crippen LogP contribution is 2.09. The van der Waals surface area contributed by atoms with Crippen LogP contribution in [0.3, 0.4) is 0 Å². The summed E-state index contributed by atoms with van der Waals surface area (Å²) in [6.45, 7) is 2.85. The van der Waals surface area contributed by atoms with E-state index in [2.05, 4.69) is 19.4 Å². The van der Waals surface area contributed by atoms with Crippen molar-refractivity contribution in [2.75, 3.05) is 26.7 Å². The quantitative estimate of drug-likeness (QED) is 0.801. The van der Waals surface area contributed by atoms with Crippen LogP contribution < -0.4 is 0 Å². The van der Waals surface area contributed by atoms with E-state index in [1.54, 1.807) is 6.20 Å². The molecule has 0 aliphatic heterocycles. The summed E-state index contributed by atoms with van der Waals surface area (Å²) in [7, 11) is 2.02. The van der Waals surface area contributed by atoms with Gasteiger partial charge in [-0.1, -0.05) is 0 Å². The molecule has 0 aromatic carbocycles. The van der Waals surface area contributed by atoms with Gasteiger partial charge in [-0.2, -0.15) is 0 Å². The lowest BCUT2D eigenvalue weighted by atomic mass is 10.3. The fraction of sp³-hybridized carbons (Fsp3) is 0.500. The number of imidazole rings is 1. The zero-order valence-corrected chi connectivity index (χ0v) is 10.1. The van der Waals surface area contributed by atoms with E-state index in [1.807, 2.05) is 25.5 Å². The first-order valence-electron chi connectivity index (χ1n) is 5.86. The van der Waals surface area contributed by atoms with Crippen molar-refractivity contribution in [1.29, 1.82) is 0 Å². The molecule has 0 saturated carbocycles. The lowest BCUT2D eigenvalue weighted by Crippen LogP contribution is -2.24. The van der Waals surface area contributed by atoms with Crippen molar-refractivity contribution in [1.82, 2.24) is 19.4 Å². The summed E-state index contributed by atoms with van der Waals surface area (Å²) in [6.07, 6.45) is 4.63. The molecule has 0 aliphatic rings. The van der Waals surface area contributed by atoms with Crippen LogP contribution in [0.2, 0.25) is 0 Å². The Morgan fingerprint density at radius 2 is 2.24 bits per heavy atom. The number of nitrogens with zero attached hydrogens (tertiary/aromatic N) is 4. The Bertz CT molecular complexity index is 468. The van der Waals surface area contributed by atoms with E-state index in [0.717, 1.165) is 37.2 Å². The number of pyridine rings is 1. The molecule has 5 nitrogen and oxygen atoms in total. The lowest BCUT2D eigenvalue weighted by Gasteiger charge is -2.14. The average Bonchev–Trinajstić information content (AvgIpc) is 2.73. The molecule has 0 aliphatic carbocycles. The van der Waals surface area contributed by atoms with Crippen molar-refractivity contribution in [3.8, 4) is 0 Å². The summed E-state index contributed by atoms with van der Waals surface area (Å²) in [4.78, 5) is 10.6. The minimum atomic E-state index is 0.217. The summed E-state index contributed by atoms with van der Waals surface area (Å²) in [5.41, 5.74) is 1.88. The highest BCUT2D eigenvalue weighted by molar-refractivity contribution is 5.70. The van der Waals surface area contributed by atoms with Crippen molar-refractivity contribution >= 4 is 11.2 Å². The van der Waals surface area contributed by atoms with Crippen LogP contribution in [0.25, 0.3) is 11.2 Å². The Morgan fingerprint density at radius 3 is 3.06 bits per heavy atom. The predicted molar refractivity (Wildman–Crippen MR) is 66.7 cm³/mol. The predicted octanol–water partition coefficient (Wildman–Crippen LogP) is 0.745. The molecule has 2 heterocycles. The first-order valence-corrected chi connectivity index (χ1v) is 5.86. The average molecular weight is 234 g/mol. The van der Waals surface area contributed by atoms with Gasteiger partial charge in [-0.15, -0.1) is 0 Å². The molecule has 0 fully saturated rings. The number of aliphatic hydroxyl groups is 1. The third kappa shape index (κ3) is 3.01. The topological polar surface area (TPSA) is 54.2 Å². The van der Waals surface area contributed by atoms with Gasteiger partial charge in [0.15, 0.2) is 5.65 Å². The number of aliphatic hydroxyl groups excluding tert-OH is 1. The number of hydrogen-bond donors (Lipinski definition) is 1. The van der Waals surface area contributed by atoms with Crippen LogP contribution in [0, 0.1) is 0 Å². The van der Waals surface area contributed by atoms with Crippen LogP contribution in [0.15, 0.2) is 24.7 Å². The molecule has 0 spiro atoms. The van der Waals surface area contributed by atoms with E-state index in [1.165, 1.54) is 0 Å². The molecular formula is C12H18N4O. The zero-order valence-electron chi connectivity index (χ0n) is 10.1. The maximum absolute atomic E-state index is 8.80. The van der Waals surface area contributed by atoms with Crippen LogP contribution in [0.1, 0.15) is 6.42 Å². The first kappa shape index (κ1) is 12.0. The van der Waals surface area contributed by atoms with Crippen LogP contribution in [0.4, 0.5) is 0 Å². The van der Waals surface area contributed by atoms with E-state index in [-0.39, 0.29) is 6.61 Å². The minimum absolute atomic E-state index is 0.217. The fourth-order valence-corrected chi connectivity index (χ4v) is 1.87. The third-order valence-corrected chi connectivity index (χ3v) is 2.82. The van der Waals surface area contributed by atoms with Crippen LogP contribution in [-0.4, -0.2) is 51.3 Å². The zero-order chi connectivity index (χ0) is 12.1. The molecule has 2 aromatic heterocycles. The molecule has 0 unspecified atom stereocenters. The second kappa shape index (κ2) is 5.75. The van der Waals surface area contributed by atoms with Gasteiger partial charge in [0.05, 0.1) is 18.5 Å². The Hall–Kier alpha value is -1.46. The van der Waals surface area contributed by atoms with Crippen LogP contribution in [-0.2, 0) is 6.54 Å². The van der Waals surface area contributed by atoms with Crippen LogP contribution in [0.5, 0.6) is 0 Å². The van der Waals surface area contributed by atoms with Crippen LogP contribution >= 0.6 is 0 Å². The maximum Gasteiger partial charge on any atom is 0.177 e. The Morgan fingerprint density at radius 1 is 1.35 bits per heavy atom. The second-order valence-corrected chi connectivity index (χ2v) is 4.16. The fourth-order valence-electron chi connectivity index (χ4n) is 1.87. The summed E-state index contributed by atoms with van der Waals surface area (Å²) >= 11 is 0. The molecular weight excluding hydrogens is 216 g/mol. The Balaban J connectivity index is 1.91. The molecule has 2 aromatic rings. The summed E-state index contributed by atoms with van der Waals surface area (Å²) in [5, 5.41) is 8.80. The largest absolute Gasteiger partial charge is 0.395 e. The van der Waals surface area contributed by atoms with Gasteiger partial charge in [-0.05, 0) is 32.1 Å². The van der Waals surface area contributed by atoms with Gasteiger partial charge in [-0.3, -0.25) is 0 Å². The summed E-state index contributed by atoms with van der Waals surface area (Å²) < 4.78 is 2.12. The van der Waals surface area contributed by atoms with Crippen molar-refractivity contribution in [3.63, 3.8) is 0 Å². The number of likely N-dealkylation sites (N-methyl/N-ethyl adjacent to an activating group) is 1. The van der Waals surface area contributed by atoms with Gasteiger partial charge in [0.1, 0.15) is 0 Å². The molecule has 5 heteroatoms. The lowest BCUT2D eigenvalue weighted by molar-refractivity contribution is 0.218. The first-order chi connectivity index (χ1) is 8.31. The van der Waals surface area contributed by atoms with Gasteiger partial charge < -0.3 is 14.6 Å². The second-order valence-electron chi connectivity index (χ2n) is 4.16. The van der Waals surface area contributed by atoms with E-state index in [9.17, 15) is 0 Å². The molecule has 1 N–H and O–H groups in total. The SMILES string of the molecule is CN(CCO)CCCn1cnc2ncccc21. The van der Waals surface area contributed by atoms with Gasteiger partial charge in [0, 0.05) is 19.3 Å². The highest BCUT2D eigenvalue weighted by atomic mass is 16.3. The maximum atomic E-state index is 8.80. The molecule has 0 saturated heterocycles. The van der Waals surface area contributed by atoms with Gasteiger partial charge in [-0.25, -0.2) is 9.97 Å². The molecule has 0 bridgehead atoms. The van der Waals surface area contributed by atoms with Gasteiger partial charge >= 0.3 is 0 Å². The highest BCUT2D eigenvalue weighted by Gasteiger charge is 2.02. The number of hydrogen-bond acceptors (Lipinski definition) is 4. The van der Waals surface area contributed by atoms with Crippen molar-refractivity contribution in [2.45, 2.75) is 13.0 Å². The third-order valence-electron chi connectivity index (χ3n) is 2.82. The Labute approximate surface area is 101 Å². The van der Waals surface area contributed by atoms with Crippen molar-refractivity contribution in [2.24, 2.45) is 0 Å². The minimum Gasteiger partial charge on any atom is -0.395 e. The molecule has 0 amide bonds. The summed E-state index contributed by atoms with van der Waals surface area (Å²) in [6, 6.07) is 3.96. The van der Waals surface area contributed by atoms with Gasteiger partial charge in [0.25, 0.3) is 0 Å². The molecule has 17 heavy (non-hydrogen) atoms. The van der Waals surface area contributed by atoms with E-state index in [0.29, 0.717) is 0 Å². The monoisotopic (exact) mass is 234 g/mol. The number of rotatable bonds is 6. The smallest absolute Gasteiger partial charge is 0.177 e. The standard InChI is InChI=1S/C12H18N4O/c1-15(8-9-17)6-3-7-16-10-14-12-11(16)4-2-5-13-12/h2,4-5,10,17H,3,6-9H2,1H3. The molecule has 0 radical (unpaired) electrons. The molecule has 2 rings (SSSR count). The normalized spacial score (nSPS) is 11.5. The molecule has 0 atom stereocenters.